The third kappa shape index (κ3) is 5.21. The van der Waals surface area contributed by atoms with Gasteiger partial charge in [0.2, 0.25) is 0 Å². The van der Waals surface area contributed by atoms with Crippen LogP contribution in [0.4, 0.5) is 0 Å². The molecule has 2 rings (SSSR count). The minimum atomic E-state index is 0.375. The zero-order valence-electron chi connectivity index (χ0n) is 12.3. The lowest BCUT2D eigenvalue weighted by atomic mass is 10.3. The highest BCUT2D eigenvalue weighted by molar-refractivity contribution is 5.69. The monoisotopic (exact) mass is 276 g/mol. The largest absolute Gasteiger partial charge is 0.451 e. The average Bonchev–Trinajstić information content (AvgIpc) is 2.98. The Morgan fingerprint density at radius 2 is 1.95 bits per heavy atom. The standard InChI is InChI=1S/C16H24N2O2/c1-2-19-16(20-15-9-4-3-5-10-15)17-11-8-14-18-12-6-7-13-18/h3-5,9-10H,2,6-8,11-14H2,1H3. The molecule has 0 radical (unpaired) electrons. The van der Waals surface area contributed by atoms with Gasteiger partial charge in [0.05, 0.1) is 6.61 Å². The SMILES string of the molecule is CCOC(=NCCCN1CCCC1)Oc1ccccc1. The molecule has 0 spiro atoms. The molecule has 0 aromatic heterocycles. The second-order valence-corrected chi connectivity index (χ2v) is 4.90. The van der Waals surface area contributed by atoms with Gasteiger partial charge < -0.3 is 14.4 Å². The van der Waals surface area contributed by atoms with Crippen molar-refractivity contribution in [3.63, 3.8) is 0 Å². The van der Waals surface area contributed by atoms with Crippen LogP contribution in [0.1, 0.15) is 26.2 Å². The first-order valence-corrected chi connectivity index (χ1v) is 7.51. The summed E-state index contributed by atoms with van der Waals surface area (Å²) < 4.78 is 11.1. The fourth-order valence-corrected chi connectivity index (χ4v) is 2.29. The van der Waals surface area contributed by atoms with E-state index in [1.807, 2.05) is 37.3 Å². The predicted molar refractivity (Wildman–Crippen MR) is 81.3 cm³/mol. The highest BCUT2D eigenvalue weighted by atomic mass is 16.7. The average molecular weight is 276 g/mol. The summed E-state index contributed by atoms with van der Waals surface area (Å²) >= 11 is 0. The first-order chi connectivity index (χ1) is 9.88. The summed E-state index contributed by atoms with van der Waals surface area (Å²) in [5.74, 6) is 0.763. The summed E-state index contributed by atoms with van der Waals surface area (Å²) in [6, 6.07) is 9.64. The Bertz CT molecular complexity index is 400. The molecule has 1 saturated heterocycles. The van der Waals surface area contributed by atoms with Crippen LogP contribution in [0.2, 0.25) is 0 Å². The topological polar surface area (TPSA) is 34.1 Å². The maximum atomic E-state index is 5.64. The van der Waals surface area contributed by atoms with Crippen molar-refractivity contribution in [1.82, 2.24) is 4.90 Å². The van der Waals surface area contributed by atoms with Crippen LogP contribution in [0.15, 0.2) is 35.3 Å². The van der Waals surface area contributed by atoms with Crippen LogP contribution in [-0.2, 0) is 4.74 Å². The van der Waals surface area contributed by atoms with Crippen LogP contribution in [0.5, 0.6) is 5.75 Å². The van der Waals surface area contributed by atoms with E-state index in [1.165, 1.54) is 25.9 Å². The summed E-state index contributed by atoms with van der Waals surface area (Å²) in [4.78, 5) is 6.91. The quantitative estimate of drug-likeness (QED) is 0.455. The molecule has 1 aromatic carbocycles. The third-order valence-corrected chi connectivity index (χ3v) is 3.29. The Balaban J connectivity index is 1.76. The van der Waals surface area contributed by atoms with Crippen molar-refractivity contribution in [2.75, 3.05) is 32.8 Å². The number of aliphatic imine (C=N–C) groups is 1. The second-order valence-electron chi connectivity index (χ2n) is 4.90. The lowest BCUT2D eigenvalue weighted by molar-refractivity contribution is 0.248. The summed E-state index contributed by atoms with van der Waals surface area (Å²) in [5, 5.41) is 0. The Kier molecular flexibility index (Phi) is 6.38. The van der Waals surface area contributed by atoms with Crippen LogP contribution >= 0.6 is 0 Å². The maximum Gasteiger partial charge on any atom is 0.389 e. The van der Waals surface area contributed by atoms with Crippen LogP contribution in [0.3, 0.4) is 0 Å². The molecule has 0 saturated carbocycles. The molecule has 0 N–H and O–H groups in total. The predicted octanol–water partition coefficient (Wildman–Crippen LogP) is 2.94. The van der Waals surface area contributed by atoms with Crippen LogP contribution in [-0.4, -0.2) is 43.8 Å². The van der Waals surface area contributed by atoms with Gasteiger partial charge in [-0.25, -0.2) is 4.99 Å². The van der Waals surface area contributed by atoms with Crippen LogP contribution < -0.4 is 4.74 Å². The van der Waals surface area contributed by atoms with Crippen molar-refractivity contribution in [3.8, 4) is 5.75 Å². The molecule has 1 heterocycles. The van der Waals surface area contributed by atoms with Crippen LogP contribution in [0, 0.1) is 0 Å². The molecule has 1 fully saturated rings. The number of nitrogens with zero attached hydrogens (tertiary/aromatic N) is 2. The van der Waals surface area contributed by atoms with Gasteiger partial charge in [-0.2, -0.15) is 0 Å². The van der Waals surface area contributed by atoms with Crippen molar-refractivity contribution < 1.29 is 9.47 Å². The Morgan fingerprint density at radius 3 is 2.65 bits per heavy atom. The molecule has 4 nitrogen and oxygen atoms in total. The van der Waals surface area contributed by atoms with Gasteiger partial charge in [0.25, 0.3) is 0 Å². The van der Waals surface area contributed by atoms with Gasteiger partial charge in [0.15, 0.2) is 0 Å². The third-order valence-electron chi connectivity index (χ3n) is 3.29. The van der Waals surface area contributed by atoms with Crippen molar-refractivity contribution in [3.05, 3.63) is 30.3 Å². The number of rotatable bonds is 6. The van der Waals surface area contributed by atoms with Gasteiger partial charge in [0, 0.05) is 6.54 Å². The first-order valence-electron chi connectivity index (χ1n) is 7.51. The number of hydrogen-bond donors (Lipinski definition) is 0. The van der Waals surface area contributed by atoms with E-state index < -0.39 is 0 Å². The smallest absolute Gasteiger partial charge is 0.389 e. The van der Waals surface area contributed by atoms with Crippen molar-refractivity contribution in [1.29, 1.82) is 0 Å². The van der Waals surface area contributed by atoms with E-state index in [1.54, 1.807) is 0 Å². The molecule has 20 heavy (non-hydrogen) atoms. The van der Waals surface area contributed by atoms with Gasteiger partial charge in [-0.05, 0) is 58.0 Å². The van der Waals surface area contributed by atoms with Gasteiger partial charge in [0.1, 0.15) is 5.75 Å². The summed E-state index contributed by atoms with van der Waals surface area (Å²) in [7, 11) is 0. The molecule has 0 bridgehead atoms. The van der Waals surface area contributed by atoms with E-state index >= 15 is 0 Å². The van der Waals surface area contributed by atoms with Crippen molar-refractivity contribution in [2.24, 2.45) is 4.99 Å². The fourth-order valence-electron chi connectivity index (χ4n) is 2.29. The lowest BCUT2D eigenvalue weighted by Crippen LogP contribution is -2.21. The van der Waals surface area contributed by atoms with Gasteiger partial charge in [-0.1, -0.05) is 18.2 Å². The number of likely N-dealkylation sites (tertiary alicyclic amines) is 1. The minimum absolute atomic E-state index is 0.375. The van der Waals surface area contributed by atoms with Crippen molar-refractivity contribution >= 4 is 6.08 Å². The van der Waals surface area contributed by atoms with Crippen LogP contribution in [0.25, 0.3) is 0 Å². The Labute approximate surface area is 121 Å². The van der Waals surface area contributed by atoms with E-state index in [4.69, 9.17) is 9.47 Å². The molecule has 0 atom stereocenters. The molecule has 1 aromatic rings. The number of benzene rings is 1. The highest BCUT2D eigenvalue weighted by Gasteiger charge is 2.10. The number of ether oxygens (including phenoxy) is 2. The maximum absolute atomic E-state index is 5.64. The fraction of sp³-hybridized carbons (Fsp3) is 0.562. The lowest BCUT2D eigenvalue weighted by Gasteiger charge is -2.13. The molecule has 1 aliphatic heterocycles. The molecule has 0 aliphatic carbocycles. The molecular formula is C16H24N2O2. The van der Waals surface area contributed by atoms with Gasteiger partial charge >= 0.3 is 6.08 Å². The minimum Gasteiger partial charge on any atom is -0.451 e. The summed E-state index contributed by atoms with van der Waals surface area (Å²) in [6.07, 6.45) is 4.10. The second kappa shape index (κ2) is 8.59. The van der Waals surface area contributed by atoms with Crippen molar-refractivity contribution in [2.45, 2.75) is 26.2 Å². The molecular weight excluding hydrogens is 252 g/mol. The van der Waals surface area contributed by atoms with Gasteiger partial charge in [-0.3, -0.25) is 0 Å². The van der Waals surface area contributed by atoms with E-state index in [0.717, 1.165) is 25.3 Å². The summed E-state index contributed by atoms with van der Waals surface area (Å²) in [6.45, 7) is 6.85. The van der Waals surface area contributed by atoms with Gasteiger partial charge in [-0.15, -0.1) is 0 Å². The Hall–Kier alpha value is -1.55. The van der Waals surface area contributed by atoms with E-state index in [9.17, 15) is 0 Å². The summed E-state index contributed by atoms with van der Waals surface area (Å²) in [5.41, 5.74) is 0. The number of para-hydroxylation sites is 1. The molecule has 1 aliphatic rings. The normalized spacial score (nSPS) is 16.4. The molecule has 110 valence electrons. The molecule has 0 unspecified atom stereocenters. The molecule has 0 amide bonds. The first kappa shape index (κ1) is 14.9. The van der Waals surface area contributed by atoms with E-state index in [0.29, 0.717) is 12.7 Å². The highest BCUT2D eigenvalue weighted by Crippen LogP contribution is 2.10. The van der Waals surface area contributed by atoms with E-state index in [2.05, 4.69) is 9.89 Å². The molecule has 4 heteroatoms. The zero-order chi connectivity index (χ0) is 14.0. The Morgan fingerprint density at radius 1 is 1.20 bits per heavy atom. The van der Waals surface area contributed by atoms with E-state index in [-0.39, 0.29) is 0 Å². The number of hydrogen-bond acceptors (Lipinski definition) is 4. The zero-order valence-corrected chi connectivity index (χ0v) is 12.3.